The molecule has 0 aliphatic carbocycles. The van der Waals surface area contributed by atoms with Crippen molar-refractivity contribution in [1.82, 2.24) is 0 Å². The van der Waals surface area contributed by atoms with E-state index in [-0.39, 0.29) is 11.3 Å². The lowest BCUT2D eigenvalue weighted by Crippen LogP contribution is -2.29. The number of esters is 1. The van der Waals surface area contributed by atoms with E-state index in [1.807, 2.05) is 19.9 Å². The molecule has 10 heteroatoms. The standard InChI is InChI=1S/C19H16BrF3N2O4/c1-10-8-15(11(2)7-14(10)20)25-16(26)9-29-17(27)12-3-5-13(6-4-12)24-18(28)19(21,22)23/h3-8H,9H2,1-2H3,(H,24,28)(H,25,26). The summed E-state index contributed by atoms with van der Waals surface area (Å²) < 4.78 is 42.4. The van der Waals surface area contributed by atoms with E-state index in [2.05, 4.69) is 21.2 Å². The van der Waals surface area contributed by atoms with E-state index in [9.17, 15) is 27.6 Å². The zero-order valence-corrected chi connectivity index (χ0v) is 16.9. The number of halogens is 4. The van der Waals surface area contributed by atoms with E-state index in [0.29, 0.717) is 5.69 Å². The van der Waals surface area contributed by atoms with E-state index >= 15 is 0 Å². The number of alkyl halides is 3. The van der Waals surface area contributed by atoms with Gasteiger partial charge in [-0.25, -0.2) is 4.79 Å². The van der Waals surface area contributed by atoms with Gasteiger partial charge in [-0.2, -0.15) is 13.2 Å². The summed E-state index contributed by atoms with van der Waals surface area (Å²) in [6, 6.07) is 8.20. The van der Waals surface area contributed by atoms with Crippen LogP contribution in [-0.4, -0.2) is 30.6 Å². The summed E-state index contributed by atoms with van der Waals surface area (Å²) in [5.74, 6) is -3.50. The molecule has 29 heavy (non-hydrogen) atoms. The molecular weight excluding hydrogens is 457 g/mol. The average molecular weight is 473 g/mol. The van der Waals surface area contributed by atoms with Gasteiger partial charge in [0, 0.05) is 15.8 Å². The van der Waals surface area contributed by atoms with Crippen LogP contribution in [0.5, 0.6) is 0 Å². The summed E-state index contributed by atoms with van der Waals surface area (Å²) in [5, 5.41) is 4.29. The second kappa shape index (κ2) is 9.08. The third kappa shape index (κ3) is 6.31. The maximum absolute atomic E-state index is 12.2. The summed E-state index contributed by atoms with van der Waals surface area (Å²) in [6.07, 6.45) is -5.02. The minimum Gasteiger partial charge on any atom is -0.452 e. The van der Waals surface area contributed by atoms with Crippen LogP contribution in [0.15, 0.2) is 40.9 Å². The third-order valence-electron chi connectivity index (χ3n) is 3.75. The first kappa shape index (κ1) is 22.4. The lowest BCUT2D eigenvalue weighted by Gasteiger charge is -2.11. The quantitative estimate of drug-likeness (QED) is 0.633. The van der Waals surface area contributed by atoms with Crippen molar-refractivity contribution in [3.63, 3.8) is 0 Å². The zero-order valence-electron chi connectivity index (χ0n) is 15.3. The molecule has 2 amide bonds. The normalized spacial score (nSPS) is 11.0. The van der Waals surface area contributed by atoms with E-state index in [0.717, 1.165) is 27.7 Å². The zero-order chi connectivity index (χ0) is 21.8. The van der Waals surface area contributed by atoms with Crippen LogP contribution in [0.1, 0.15) is 21.5 Å². The number of benzene rings is 2. The maximum atomic E-state index is 12.2. The van der Waals surface area contributed by atoms with Crippen molar-refractivity contribution in [3.8, 4) is 0 Å². The molecule has 0 aromatic heterocycles. The van der Waals surface area contributed by atoms with Crippen LogP contribution in [0, 0.1) is 13.8 Å². The van der Waals surface area contributed by atoms with Crippen LogP contribution >= 0.6 is 15.9 Å². The lowest BCUT2D eigenvalue weighted by molar-refractivity contribution is -0.167. The number of carbonyl (C=O) groups excluding carboxylic acids is 3. The van der Waals surface area contributed by atoms with Crippen molar-refractivity contribution < 1.29 is 32.3 Å². The van der Waals surface area contributed by atoms with Crippen LogP contribution in [0.3, 0.4) is 0 Å². The van der Waals surface area contributed by atoms with E-state index in [1.54, 1.807) is 11.4 Å². The SMILES string of the molecule is Cc1cc(NC(=O)COC(=O)c2ccc(NC(=O)C(F)(F)F)cc2)c(C)cc1Br. The van der Waals surface area contributed by atoms with Crippen molar-refractivity contribution >= 4 is 45.1 Å². The highest BCUT2D eigenvalue weighted by Crippen LogP contribution is 2.24. The topological polar surface area (TPSA) is 84.5 Å². The van der Waals surface area contributed by atoms with Gasteiger partial charge in [0.25, 0.3) is 5.91 Å². The number of amides is 2. The van der Waals surface area contributed by atoms with Crippen LogP contribution in [0.25, 0.3) is 0 Å². The highest BCUT2D eigenvalue weighted by Gasteiger charge is 2.38. The fourth-order valence-electron chi connectivity index (χ4n) is 2.21. The number of anilines is 2. The van der Waals surface area contributed by atoms with Gasteiger partial charge >= 0.3 is 18.1 Å². The van der Waals surface area contributed by atoms with Gasteiger partial charge in [-0.15, -0.1) is 0 Å². The Morgan fingerprint density at radius 3 is 2.21 bits per heavy atom. The molecule has 0 saturated heterocycles. The van der Waals surface area contributed by atoms with Gasteiger partial charge in [0.05, 0.1) is 5.56 Å². The van der Waals surface area contributed by atoms with Gasteiger partial charge in [0.2, 0.25) is 0 Å². The van der Waals surface area contributed by atoms with Crippen LogP contribution < -0.4 is 10.6 Å². The molecule has 0 bridgehead atoms. The van der Waals surface area contributed by atoms with Crippen LogP contribution in [0.4, 0.5) is 24.5 Å². The molecule has 2 rings (SSSR count). The Kier molecular flexibility index (Phi) is 7.02. The summed E-state index contributed by atoms with van der Waals surface area (Å²) in [4.78, 5) is 34.9. The van der Waals surface area contributed by atoms with E-state index < -0.39 is 30.6 Å². The van der Waals surface area contributed by atoms with Crippen molar-refractivity contribution in [1.29, 1.82) is 0 Å². The molecule has 0 aliphatic rings. The largest absolute Gasteiger partial charge is 0.471 e. The number of rotatable bonds is 5. The molecular formula is C19H16BrF3N2O4. The summed E-state index contributed by atoms with van der Waals surface area (Å²) in [5.41, 5.74) is 2.19. The lowest BCUT2D eigenvalue weighted by atomic mass is 10.1. The molecule has 0 heterocycles. The van der Waals surface area contributed by atoms with Gasteiger partial charge in [-0.05, 0) is 61.4 Å². The van der Waals surface area contributed by atoms with Gasteiger partial charge < -0.3 is 15.4 Å². The number of nitrogens with one attached hydrogen (secondary N) is 2. The highest BCUT2D eigenvalue weighted by atomic mass is 79.9. The Morgan fingerprint density at radius 2 is 1.62 bits per heavy atom. The Morgan fingerprint density at radius 1 is 1.00 bits per heavy atom. The Bertz CT molecular complexity index is 944. The fourth-order valence-corrected chi connectivity index (χ4v) is 2.67. The molecule has 2 aromatic carbocycles. The van der Waals surface area contributed by atoms with Crippen molar-refractivity contribution in [2.24, 2.45) is 0 Å². The van der Waals surface area contributed by atoms with Gasteiger partial charge in [0.15, 0.2) is 6.61 Å². The minimum absolute atomic E-state index is 0.0125. The Labute approximate surface area is 172 Å². The second-order valence-corrected chi connectivity index (χ2v) is 6.92. The summed E-state index contributed by atoms with van der Waals surface area (Å²) in [7, 11) is 0. The Balaban J connectivity index is 1.91. The molecule has 0 radical (unpaired) electrons. The number of hydrogen-bond acceptors (Lipinski definition) is 4. The average Bonchev–Trinajstić information content (AvgIpc) is 2.64. The summed E-state index contributed by atoms with van der Waals surface area (Å²) in [6.45, 7) is 3.13. The monoisotopic (exact) mass is 472 g/mol. The predicted molar refractivity (Wildman–Crippen MR) is 104 cm³/mol. The number of aryl methyl sites for hydroxylation is 2. The number of ether oxygens (including phenoxy) is 1. The van der Waals surface area contributed by atoms with E-state index in [4.69, 9.17) is 4.74 Å². The molecule has 0 fully saturated rings. The molecule has 0 spiro atoms. The molecule has 154 valence electrons. The van der Waals surface area contributed by atoms with Gasteiger partial charge in [-0.1, -0.05) is 15.9 Å². The van der Waals surface area contributed by atoms with Crippen molar-refractivity contribution in [3.05, 3.63) is 57.6 Å². The van der Waals surface area contributed by atoms with Gasteiger partial charge in [0.1, 0.15) is 0 Å². The van der Waals surface area contributed by atoms with Crippen molar-refractivity contribution in [2.45, 2.75) is 20.0 Å². The maximum Gasteiger partial charge on any atom is 0.471 e. The smallest absolute Gasteiger partial charge is 0.452 e. The van der Waals surface area contributed by atoms with Crippen LogP contribution in [-0.2, 0) is 14.3 Å². The number of carbonyl (C=O) groups is 3. The van der Waals surface area contributed by atoms with Crippen LogP contribution in [0.2, 0.25) is 0 Å². The summed E-state index contributed by atoms with van der Waals surface area (Å²) >= 11 is 3.39. The first-order valence-electron chi connectivity index (χ1n) is 8.19. The molecule has 0 saturated carbocycles. The van der Waals surface area contributed by atoms with Crippen molar-refractivity contribution in [2.75, 3.05) is 17.2 Å². The molecule has 6 nitrogen and oxygen atoms in total. The predicted octanol–water partition coefficient (Wildman–Crippen LogP) is 4.36. The molecule has 2 N–H and O–H groups in total. The van der Waals surface area contributed by atoms with E-state index in [1.165, 1.54) is 12.1 Å². The molecule has 0 unspecified atom stereocenters. The minimum atomic E-state index is -5.02. The first-order valence-corrected chi connectivity index (χ1v) is 8.98. The third-order valence-corrected chi connectivity index (χ3v) is 4.60. The second-order valence-electron chi connectivity index (χ2n) is 6.07. The fraction of sp³-hybridized carbons (Fsp3) is 0.211. The van der Waals surface area contributed by atoms with Gasteiger partial charge in [-0.3, -0.25) is 9.59 Å². The number of hydrogen-bond donors (Lipinski definition) is 2. The first-order chi connectivity index (χ1) is 13.5. The molecule has 2 aromatic rings. The Hall–Kier alpha value is -2.88. The molecule has 0 aliphatic heterocycles. The highest BCUT2D eigenvalue weighted by molar-refractivity contribution is 9.10. The molecule has 0 atom stereocenters.